The van der Waals surface area contributed by atoms with Crippen LogP contribution in [-0.4, -0.2) is 96.5 Å². The van der Waals surface area contributed by atoms with Gasteiger partial charge in [0.1, 0.15) is 40.5 Å². The molecule has 5 unspecified atom stereocenters. The summed E-state index contributed by atoms with van der Waals surface area (Å²) in [7, 11) is 0. The van der Waals surface area contributed by atoms with Crippen LogP contribution in [-0.2, 0) is 33.6 Å². The lowest BCUT2D eigenvalue weighted by Crippen LogP contribution is -2.21. The highest BCUT2D eigenvalue weighted by atomic mass is 16.3. The standard InChI is InChI=1S/C39H66O12/c1-3-5-7-13-29(41)21-37(49)25-33(45)18-11-19-35(47)27-39(51)23-31(43)15-9-6-8-14-30(42)22-38(50)26-34(46)17-10-16-32(44)24-36(48)20-28(40)12-4-2/h29,36-39,41,48-51H,3-27H2,1-2H3. The maximum Gasteiger partial charge on any atom is 0.135 e. The number of hydrogen-bond donors (Lipinski definition) is 5. The van der Waals surface area contributed by atoms with Crippen LogP contribution in [0, 0.1) is 0 Å². The van der Waals surface area contributed by atoms with Crippen molar-refractivity contribution in [2.24, 2.45) is 0 Å². The minimum absolute atomic E-state index is 0.0554. The molecule has 51 heavy (non-hydrogen) atoms. The lowest BCUT2D eigenvalue weighted by molar-refractivity contribution is -0.126. The molecule has 0 aliphatic rings. The summed E-state index contributed by atoms with van der Waals surface area (Å²) in [6.45, 7) is 3.92. The normalized spacial score (nSPS) is 14.3. The molecular weight excluding hydrogens is 660 g/mol. The quantitative estimate of drug-likeness (QED) is 0.0561. The first kappa shape index (κ1) is 48.5. The molecule has 0 fully saturated rings. The Kier molecular flexibility index (Phi) is 28.5. The van der Waals surface area contributed by atoms with Gasteiger partial charge in [0.05, 0.1) is 30.5 Å². The second kappa shape index (κ2) is 30.0. The SMILES string of the molecule is CCCCCC(O)CC(O)CC(=O)CCCC(=O)CC(O)CC(=O)CCCCCC(=O)CC(O)CC(=O)CCCC(=O)CC(O)CC(=O)CCC. The average Bonchev–Trinajstić information content (AvgIpc) is 3.00. The number of unbranched alkanes of at least 4 members (excludes halogenated alkanes) is 4. The molecule has 0 aromatic rings. The molecule has 0 aromatic heterocycles. The highest BCUT2D eigenvalue weighted by Crippen LogP contribution is 2.15. The molecule has 0 rings (SSSR count). The van der Waals surface area contributed by atoms with Crippen molar-refractivity contribution < 1.29 is 59.1 Å². The van der Waals surface area contributed by atoms with Gasteiger partial charge in [-0.05, 0) is 44.9 Å². The lowest BCUT2D eigenvalue weighted by atomic mass is 9.98. The van der Waals surface area contributed by atoms with Gasteiger partial charge in [0.2, 0.25) is 0 Å². The van der Waals surface area contributed by atoms with Crippen molar-refractivity contribution in [3.05, 3.63) is 0 Å². The van der Waals surface area contributed by atoms with Crippen LogP contribution in [0.5, 0.6) is 0 Å². The monoisotopic (exact) mass is 726 g/mol. The van der Waals surface area contributed by atoms with E-state index in [1.54, 1.807) is 0 Å². The molecule has 294 valence electrons. The largest absolute Gasteiger partial charge is 0.393 e. The first-order valence-electron chi connectivity index (χ1n) is 19.2. The van der Waals surface area contributed by atoms with Gasteiger partial charge in [-0.25, -0.2) is 0 Å². The number of aliphatic hydroxyl groups excluding tert-OH is 5. The summed E-state index contributed by atoms with van der Waals surface area (Å²) in [5.74, 6) is -1.44. The van der Waals surface area contributed by atoms with E-state index in [9.17, 15) is 59.1 Å². The van der Waals surface area contributed by atoms with Crippen LogP contribution in [0.4, 0.5) is 0 Å². The molecule has 0 amide bonds. The summed E-state index contributed by atoms with van der Waals surface area (Å²) in [5.41, 5.74) is 0. The summed E-state index contributed by atoms with van der Waals surface area (Å²) in [6, 6.07) is 0. The molecule has 0 aromatic carbocycles. The summed E-state index contributed by atoms with van der Waals surface area (Å²) in [4.78, 5) is 84.4. The van der Waals surface area contributed by atoms with Crippen molar-refractivity contribution in [3.63, 3.8) is 0 Å². The molecule has 0 aliphatic heterocycles. The number of Topliss-reactive ketones (excluding diaryl/α,β-unsaturated/α-hetero) is 7. The second-order valence-corrected chi connectivity index (χ2v) is 14.2. The zero-order chi connectivity index (χ0) is 38.6. The van der Waals surface area contributed by atoms with Gasteiger partial charge in [-0.1, -0.05) is 39.5 Å². The topological polar surface area (TPSA) is 221 Å². The predicted octanol–water partition coefficient (Wildman–Crippen LogP) is 4.57. The first-order valence-corrected chi connectivity index (χ1v) is 19.2. The second-order valence-electron chi connectivity index (χ2n) is 14.2. The van der Waals surface area contributed by atoms with E-state index in [0.717, 1.165) is 19.3 Å². The fraction of sp³-hybridized carbons (Fsp3) is 0.821. The number of rotatable bonds is 36. The third kappa shape index (κ3) is 29.7. The van der Waals surface area contributed by atoms with Crippen LogP contribution in [0.15, 0.2) is 0 Å². The molecule has 12 heteroatoms. The van der Waals surface area contributed by atoms with Gasteiger partial charge in [0, 0.05) is 89.9 Å². The van der Waals surface area contributed by atoms with Gasteiger partial charge in [-0.2, -0.15) is 0 Å². The molecule has 5 N–H and O–H groups in total. The average molecular weight is 727 g/mol. The Bertz CT molecular complexity index is 1050. The molecule has 0 saturated carbocycles. The zero-order valence-electron chi connectivity index (χ0n) is 31.2. The number of ketones is 7. The van der Waals surface area contributed by atoms with Gasteiger partial charge in [-0.3, -0.25) is 33.6 Å². The number of aliphatic hydroxyl groups is 5. The fourth-order valence-corrected chi connectivity index (χ4v) is 5.98. The van der Waals surface area contributed by atoms with E-state index in [4.69, 9.17) is 0 Å². The molecule has 5 atom stereocenters. The molecule has 0 spiro atoms. The molecule has 12 nitrogen and oxygen atoms in total. The van der Waals surface area contributed by atoms with Crippen molar-refractivity contribution in [2.75, 3.05) is 0 Å². The Morgan fingerprint density at radius 3 is 0.980 bits per heavy atom. The van der Waals surface area contributed by atoms with Crippen LogP contribution < -0.4 is 0 Å². The van der Waals surface area contributed by atoms with E-state index in [0.29, 0.717) is 38.5 Å². The van der Waals surface area contributed by atoms with E-state index in [-0.39, 0.29) is 143 Å². The summed E-state index contributed by atoms with van der Waals surface area (Å²) in [6.07, 6.45) is 1.80. The van der Waals surface area contributed by atoms with E-state index < -0.39 is 30.5 Å². The highest BCUT2D eigenvalue weighted by Gasteiger charge is 2.19. The smallest absolute Gasteiger partial charge is 0.135 e. The van der Waals surface area contributed by atoms with Crippen molar-refractivity contribution in [3.8, 4) is 0 Å². The van der Waals surface area contributed by atoms with E-state index >= 15 is 0 Å². The molecular formula is C39H66O12. The first-order chi connectivity index (χ1) is 24.1. The van der Waals surface area contributed by atoms with Gasteiger partial charge in [-0.15, -0.1) is 0 Å². The lowest BCUT2D eigenvalue weighted by Gasteiger charge is -2.15. The maximum absolute atomic E-state index is 12.2. The van der Waals surface area contributed by atoms with E-state index in [1.165, 1.54) is 0 Å². The Morgan fingerprint density at radius 1 is 0.333 bits per heavy atom. The fourth-order valence-electron chi connectivity index (χ4n) is 5.98. The highest BCUT2D eigenvalue weighted by molar-refractivity contribution is 5.85. The van der Waals surface area contributed by atoms with Crippen LogP contribution in [0.3, 0.4) is 0 Å². The minimum atomic E-state index is -1.11. The molecule has 0 heterocycles. The summed E-state index contributed by atoms with van der Waals surface area (Å²) >= 11 is 0. The number of carbonyl (C=O) groups excluding carboxylic acids is 7. The Morgan fingerprint density at radius 2 is 0.647 bits per heavy atom. The van der Waals surface area contributed by atoms with Crippen LogP contribution in [0.25, 0.3) is 0 Å². The number of carbonyl (C=O) groups is 7. The molecule has 0 saturated heterocycles. The third-order valence-corrected chi connectivity index (χ3v) is 8.69. The van der Waals surface area contributed by atoms with Crippen LogP contribution >= 0.6 is 0 Å². The Hall–Kier alpha value is -2.51. The van der Waals surface area contributed by atoms with E-state index in [1.807, 2.05) is 6.92 Å². The van der Waals surface area contributed by atoms with Gasteiger partial charge in [0.25, 0.3) is 0 Å². The number of hydrogen-bond acceptors (Lipinski definition) is 12. The van der Waals surface area contributed by atoms with E-state index in [2.05, 4.69) is 6.92 Å². The van der Waals surface area contributed by atoms with Crippen LogP contribution in [0.1, 0.15) is 174 Å². The van der Waals surface area contributed by atoms with Crippen LogP contribution in [0.2, 0.25) is 0 Å². The third-order valence-electron chi connectivity index (χ3n) is 8.69. The Balaban J connectivity index is 3.99. The summed E-state index contributed by atoms with van der Waals surface area (Å²) in [5, 5.41) is 50.1. The maximum atomic E-state index is 12.2. The molecule has 0 radical (unpaired) electrons. The van der Waals surface area contributed by atoms with Crippen molar-refractivity contribution in [1.82, 2.24) is 0 Å². The van der Waals surface area contributed by atoms with Gasteiger partial charge in [0.15, 0.2) is 0 Å². The van der Waals surface area contributed by atoms with Crippen molar-refractivity contribution >= 4 is 40.5 Å². The Labute approximate surface area is 304 Å². The minimum Gasteiger partial charge on any atom is -0.393 e. The predicted molar refractivity (Wildman–Crippen MR) is 192 cm³/mol. The van der Waals surface area contributed by atoms with Crippen molar-refractivity contribution in [2.45, 2.75) is 205 Å². The molecule has 0 aliphatic carbocycles. The zero-order valence-corrected chi connectivity index (χ0v) is 31.2. The van der Waals surface area contributed by atoms with Gasteiger partial charge >= 0.3 is 0 Å². The van der Waals surface area contributed by atoms with Gasteiger partial charge < -0.3 is 25.5 Å². The van der Waals surface area contributed by atoms with Crippen molar-refractivity contribution in [1.29, 1.82) is 0 Å². The summed E-state index contributed by atoms with van der Waals surface area (Å²) < 4.78 is 0. The molecule has 0 bridgehead atoms.